The number of hydrogen-bond acceptors (Lipinski definition) is 2. The van der Waals surface area contributed by atoms with Crippen LogP contribution in [0.3, 0.4) is 0 Å². The zero-order valence-corrected chi connectivity index (χ0v) is 9.90. The van der Waals surface area contributed by atoms with E-state index in [0.29, 0.717) is 24.6 Å². The van der Waals surface area contributed by atoms with Crippen LogP contribution in [0.4, 0.5) is 4.39 Å². The quantitative estimate of drug-likeness (QED) is 0.838. The van der Waals surface area contributed by atoms with Gasteiger partial charge in [0.2, 0.25) is 5.91 Å². The van der Waals surface area contributed by atoms with Crippen molar-refractivity contribution in [3.63, 3.8) is 0 Å². The van der Waals surface area contributed by atoms with Gasteiger partial charge in [-0.2, -0.15) is 0 Å². The minimum atomic E-state index is -0.322. The van der Waals surface area contributed by atoms with Crippen LogP contribution in [0.5, 0.6) is 0 Å². The molecule has 4 heteroatoms. The van der Waals surface area contributed by atoms with Gasteiger partial charge in [0.1, 0.15) is 5.82 Å². The van der Waals surface area contributed by atoms with Crippen molar-refractivity contribution >= 4 is 5.91 Å². The number of likely N-dealkylation sites (tertiary alicyclic amines) is 1. The number of nitrogens with two attached hydrogens (primary N) is 1. The van der Waals surface area contributed by atoms with Gasteiger partial charge in [-0.15, -0.1) is 0 Å². The van der Waals surface area contributed by atoms with Crippen LogP contribution in [-0.4, -0.2) is 29.9 Å². The van der Waals surface area contributed by atoms with E-state index in [9.17, 15) is 9.18 Å². The molecule has 1 heterocycles. The van der Waals surface area contributed by atoms with Crippen molar-refractivity contribution in [2.24, 2.45) is 11.7 Å². The minimum absolute atomic E-state index is 0.0413. The third kappa shape index (κ3) is 2.64. The van der Waals surface area contributed by atoms with Gasteiger partial charge in [0.25, 0.3) is 0 Å². The number of hydrogen-bond donors (Lipinski definition) is 1. The van der Waals surface area contributed by atoms with Crippen molar-refractivity contribution in [1.82, 2.24) is 4.90 Å². The summed E-state index contributed by atoms with van der Waals surface area (Å²) in [6.07, 6.45) is 0.117. The smallest absolute Gasteiger partial charge is 0.227 e. The summed E-state index contributed by atoms with van der Waals surface area (Å²) in [6, 6.07) is 6.43. The maximum Gasteiger partial charge on any atom is 0.227 e. The maximum absolute atomic E-state index is 13.4. The van der Waals surface area contributed by atoms with Gasteiger partial charge in [-0.1, -0.05) is 25.1 Å². The molecular formula is C13H17FN2O. The van der Waals surface area contributed by atoms with Crippen molar-refractivity contribution < 1.29 is 9.18 Å². The molecule has 0 aromatic heterocycles. The summed E-state index contributed by atoms with van der Waals surface area (Å²) >= 11 is 0. The van der Waals surface area contributed by atoms with Gasteiger partial charge in [0.15, 0.2) is 0 Å². The summed E-state index contributed by atoms with van der Waals surface area (Å²) in [6.45, 7) is 3.28. The number of amides is 1. The Bertz CT molecular complexity index is 412. The summed E-state index contributed by atoms with van der Waals surface area (Å²) in [5, 5.41) is 0. The van der Waals surface area contributed by atoms with Crippen molar-refractivity contribution in [1.29, 1.82) is 0 Å². The fourth-order valence-corrected chi connectivity index (χ4v) is 2.11. The van der Waals surface area contributed by atoms with Gasteiger partial charge in [0.05, 0.1) is 6.42 Å². The second kappa shape index (κ2) is 4.84. The highest BCUT2D eigenvalue weighted by atomic mass is 19.1. The molecule has 2 atom stereocenters. The first-order valence-electron chi connectivity index (χ1n) is 5.84. The number of rotatable bonds is 2. The van der Waals surface area contributed by atoms with Crippen LogP contribution in [-0.2, 0) is 11.2 Å². The number of carbonyl (C=O) groups excluding carboxylic acids is 1. The van der Waals surface area contributed by atoms with E-state index >= 15 is 0 Å². The van der Waals surface area contributed by atoms with Gasteiger partial charge in [-0.25, -0.2) is 4.39 Å². The highest BCUT2D eigenvalue weighted by Crippen LogP contribution is 2.16. The zero-order chi connectivity index (χ0) is 12.4. The monoisotopic (exact) mass is 236 g/mol. The molecular weight excluding hydrogens is 219 g/mol. The van der Waals surface area contributed by atoms with E-state index in [-0.39, 0.29) is 24.2 Å². The van der Waals surface area contributed by atoms with Crippen LogP contribution in [0.15, 0.2) is 24.3 Å². The topological polar surface area (TPSA) is 46.3 Å². The lowest BCUT2D eigenvalue weighted by molar-refractivity contribution is -0.129. The molecule has 92 valence electrons. The van der Waals surface area contributed by atoms with Crippen molar-refractivity contribution in [2.75, 3.05) is 13.1 Å². The van der Waals surface area contributed by atoms with Gasteiger partial charge in [-0.05, 0) is 17.5 Å². The first-order chi connectivity index (χ1) is 8.08. The van der Waals surface area contributed by atoms with Gasteiger partial charge in [0, 0.05) is 19.1 Å². The van der Waals surface area contributed by atoms with E-state index in [1.807, 2.05) is 6.92 Å². The van der Waals surface area contributed by atoms with Crippen LogP contribution in [0.25, 0.3) is 0 Å². The van der Waals surface area contributed by atoms with Gasteiger partial charge in [-0.3, -0.25) is 4.79 Å². The SMILES string of the molecule is CC1CN(C(=O)Cc2ccccc2F)CC1N. The van der Waals surface area contributed by atoms with Crippen LogP contribution in [0, 0.1) is 11.7 Å². The lowest BCUT2D eigenvalue weighted by Gasteiger charge is -2.16. The molecule has 0 radical (unpaired) electrons. The lowest BCUT2D eigenvalue weighted by Crippen LogP contribution is -2.33. The molecule has 3 nitrogen and oxygen atoms in total. The highest BCUT2D eigenvalue weighted by Gasteiger charge is 2.29. The Labute approximate surface area is 100 Å². The first-order valence-corrected chi connectivity index (χ1v) is 5.84. The molecule has 0 aliphatic carbocycles. The summed E-state index contributed by atoms with van der Waals surface area (Å²) < 4.78 is 13.4. The molecule has 2 N–H and O–H groups in total. The van der Waals surface area contributed by atoms with E-state index in [2.05, 4.69) is 0 Å². The van der Waals surface area contributed by atoms with Crippen molar-refractivity contribution in [3.8, 4) is 0 Å². The van der Waals surface area contributed by atoms with Crippen molar-refractivity contribution in [2.45, 2.75) is 19.4 Å². The Morgan fingerprint density at radius 3 is 2.76 bits per heavy atom. The molecule has 0 bridgehead atoms. The van der Waals surface area contributed by atoms with E-state index < -0.39 is 0 Å². The molecule has 0 spiro atoms. The fraction of sp³-hybridized carbons (Fsp3) is 0.462. The van der Waals surface area contributed by atoms with E-state index in [0.717, 1.165) is 0 Å². The summed E-state index contributed by atoms with van der Waals surface area (Å²) in [4.78, 5) is 13.7. The molecule has 1 aromatic carbocycles. The number of nitrogens with zero attached hydrogens (tertiary/aromatic N) is 1. The average Bonchev–Trinajstić information content (AvgIpc) is 2.63. The van der Waals surface area contributed by atoms with E-state index in [1.54, 1.807) is 23.1 Å². The Balaban J connectivity index is 2.01. The molecule has 0 saturated carbocycles. The fourth-order valence-electron chi connectivity index (χ4n) is 2.11. The lowest BCUT2D eigenvalue weighted by atomic mass is 10.1. The van der Waals surface area contributed by atoms with E-state index in [4.69, 9.17) is 5.73 Å². The third-order valence-corrected chi connectivity index (χ3v) is 3.32. The average molecular weight is 236 g/mol. The predicted octanol–water partition coefficient (Wildman–Crippen LogP) is 1.17. The predicted molar refractivity (Wildman–Crippen MR) is 63.8 cm³/mol. The molecule has 1 aromatic rings. The van der Waals surface area contributed by atoms with Crippen LogP contribution in [0.2, 0.25) is 0 Å². The van der Waals surface area contributed by atoms with Crippen LogP contribution < -0.4 is 5.73 Å². The first kappa shape index (κ1) is 12.0. The Hall–Kier alpha value is -1.42. The van der Waals surface area contributed by atoms with Crippen LogP contribution in [0.1, 0.15) is 12.5 Å². The zero-order valence-electron chi connectivity index (χ0n) is 9.90. The standard InChI is InChI=1S/C13H17FN2O/c1-9-7-16(8-12(9)15)13(17)6-10-4-2-3-5-11(10)14/h2-5,9,12H,6-8,15H2,1H3. The van der Waals surface area contributed by atoms with E-state index in [1.165, 1.54) is 6.07 Å². The highest BCUT2D eigenvalue weighted by molar-refractivity contribution is 5.79. The normalized spacial score (nSPS) is 24.1. The number of benzene rings is 1. The van der Waals surface area contributed by atoms with Crippen molar-refractivity contribution in [3.05, 3.63) is 35.6 Å². The summed E-state index contributed by atoms with van der Waals surface area (Å²) in [5.41, 5.74) is 6.31. The number of carbonyl (C=O) groups is 1. The molecule has 17 heavy (non-hydrogen) atoms. The molecule has 1 aliphatic heterocycles. The maximum atomic E-state index is 13.4. The minimum Gasteiger partial charge on any atom is -0.341 e. The van der Waals surface area contributed by atoms with Gasteiger partial charge >= 0.3 is 0 Å². The van der Waals surface area contributed by atoms with Gasteiger partial charge < -0.3 is 10.6 Å². The molecule has 1 aliphatic rings. The second-order valence-electron chi connectivity index (χ2n) is 4.71. The summed E-state index contributed by atoms with van der Waals surface area (Å²) in [5.74, 6) is -0.0492. The molecule has 1 saturated heterocycles. The Kier molecular flexibility index (Phi) is 3.43. The molecule has 1 amide bonds. The Morgan fingerprint density at radius 2 is 2.18 bits per heavy atom. The number of halogens is 1. The Morgan fingerprint density at radius 1 is 1.47 bits per heavy atom. The molecule has 2 unspecified atom stereocenters. The second-order valence-corrected chi connectivity index (χ2v) is 4.71. The van der Waals surface area contributed by atoms with Crippen LogP contribution >= 0.6 is 0 Å². The third-order valence-electron chi connectivity index (χ3n) is 3.32. The largest absolute Gasteiger partial charge is 0.341 e. The molecule has 1 fully saturated rings. The molecule has 2 rings (SSSR count). The summed E-state index contributed by atoms with van der Waals surface area (Å²) in [7, 11) is 0.